The molecule has 1 aliphatic carbocycles. The number of nitro benzene ring substituents is 1. The Hall–Kier alpha value is -3.53. The molecule has 0 unspecified atom stereocenters. The van der Waals surface area contributed by atoms with E-state index in [9.17, 15) is 24.5 Å². The van der Waals surface area contributed by atoms with Crippen LogP contribution in [0, 0.1) is 10.1 Å². The van der Waals surface area contributed by atoms with E-state index in [-0.39, 0.29) is 23.9 Å². The second-order valence-corrected chi connectivity index (χ2v) is 9.04. The van der Waals surface area contributed by atoms with Gasteiger partial charge < -0.3 is 4.74 Å². The fourth-order valence-electron chi connectivity index (χ4n) is 4.11. The molecular formula is C24H22BrN3O6. The van der Waals surface area contributed by atoms with E-state index in [0.717, 1.165) is 37.7 Å². The summed E-state index contributed by atoms with van der Waals surface area (Å²) in [4.78, 5) is 49.2. The molecule has 2 aromatic rings. The third-order valence-electron chi connectivity index (χ3n) is 5.88. The molecule has 2 fully saturated rings. The molecule has 1 saturated carbocycles. The van der Waals surface area contributed by atoms with Gasteiger partial charge in [0.15, 0.2) is 0 Å². The zero-order valence-electron chi connectivity index (χ0n) is 18.2. The van der Waals surface area contributed by atoms with Crippen molar-refractivity contribution < 1.29 is 24.0 Å². The molecular weight excluding hydrogens is 506 g/mol. The van der Waals surface area contributed by atoms with Crippen LogP contribution in [0.15, 0.2) is 52.5 Å². The number of benzene rings is 2. The second kappa shape index (κ2) is 10.2. The molecule has 0 aromatic heterocycles. The van der Waals surface area contributed by atoms with Crippen molar-refractivity contribution in [2.45, 2.75) is 44.8 Å². The molecule has 1 N–H and O–H groups in total. The Bertz CT molecular complexity index is 1170. The first-order valence-electron chi connectivity index (χ1n) is 10.9. The van der Waals surface area contributed by atoms with Crippen molar-refractivity contribution in [3.63, 3.8) is 0 Å². The van der Waals surface area contributed by atoms with Crippen molar-refractivity contribution in [1.82, 2.24) is 10.2 Å². The van der Waals surface area contributed by atoms with Gasteiger partial charge in [0.05, 0.1) is 9.40 Å². The highest BCUT2D eigenvalue weighted by molar-refractivity contribution is 9.10. The van der Waals surface area contributed by atoms with Crippen LogP contribution >= 0.6 is 15.9 Å². The number of ether oxygens (including phenoxy) is 1. The zero-order valence-corrected chi connectivity index (χ0v) is 19.7. The Morgan fingerprint density at radius 1 is 1.09 bits per heavy atom. The van der Waals surface area contributed by atoms with E-state index in [1.54, 1.807) is 30.3 Å². The minimum Gasteiger partial charge on any atom is -0.488 e. The molecule has 4 rings (SSSR count). The maximum absolute atomic E-state index is 13.0. The van der Waals surface area contributed by atoms with E-state index in [0.29, 0.717) is 15.8 Å². The number of rotatable bonds is 6. The number of carbonyl (C=O) groups is 3. The Labute approximate surface area is 204 Å². The summed E-state index contributed by atoms with van der Waals surface area (Å²) in [6.45, 7) is 0.205. The SMILES string of the molecule is O=C1NC(=O)N(C2CCCCC2)C(=O)C1=Cc1ccc(OCc2ccc([N+](=O)[O-])cc2)c(Br)c1. The number of nitro groups is 1. The Kier molecular flexibility index (Phi) is 7.06. The highest BCUT2D eigenvalue weighted by atomic mass is 79.9. The number of hydrogen-bond donors (Lipinski definition) is 1. The Balaban J connectivity index is 1.48. The topological polar surface area (TPSA) is 119 Å². The average Bonchev–Trinajstić information content (AvgIpc) is 2.82. The number of hydrogen-bond acceptors (Lipinski definition) is 6. The van der Waals surface area contributed by atoms with Gasteiger partial charge >= 0.3 is 6.03 Å². The summed E-state index contributed by atoms with van der Waals surface area (Å²) in [6, 6.07) is 10.3. The molecule has 9 nitrogen and oxygen atoms in total. The van der Waals surface area contributed by atoms with Crippen molar-refractivity contribution in [1.29, 1.82) is 0 Å². The van der Waals surface area contributed by atoms with Gasteiger partial charge in [-0.15, -0.1) is 0 Å². The molecule has 1 heterocycles. The van der Waals surface area contributed by atoms with Crippen molar-refractivity contribution >= 4 is 45.5 Å². The normalized spacial score (nSPS) is 18.2. The van der Waals surface area contributed by atoms with E-state index < -0.39 is 22.8 Å². The molecule has 1 aliphatic heterocycles. The monoisotopic (exact) mass is 527 g/mol. The average molecular weight is 528 g/mol. The molecule has 0 atom stereocenters. The molecule has 0 spiro atoms. The molecule has 2 aliphatic rings. The van der Waals surface area contributed by atoms with E-state index >= 15 is 0 Å². The van der Waals surface area contributed by atoms with Crippen LogP contribution < -0.4 is 10.1 Å². The Morgan fingerprint density at radius 3 is 2.44 bits per heavy atom. The number of urea groups is 1. The van der Waals surface area contributed by atoms with Gasteiger partial charge in [0, 0.05) is 18.2 Å². The van der Waals surface area contributed by atoms with Crippen LogP contribution in [0.4, 0.5) is 10.5 Å². The van der Waals surface area contributed by atoms with Gasteiger partial charge in [0.2, 0.25) is 0 Å². The van der Waals surface area contributed by atoms with Crippen LogP contribution in [-0.4, -0.2) is 33.7 Å². The molecule has 1 saturated heterocycles. The van der Waals surface area contributed by atoms with Crippen LogP contribution in [-0.2, 0) is 16.2 Å². The lowest BCUT2D eigenvalue weighted by molar-refractivity contribution is -0.384. The smallest absolute Gasteiger partial charge is 0.331 e. The van der Waals surface area contributed by atoms with Gasteiger partial charge in [0.25, 0.3) is 17.5 Å². The third kappa shape index (κ3) is 5.17. The number of amides is 4. The molecule has 2 aromatic carbocycles. The second-order valence-electron chi connectivity index (χ2n) is 8.19. The number of non-ortho nitro benzene ring substituents is 1. The standard InChI is InChI=1S/C24H22BrN3O6/c25-20-13-16(8-11-21(20)34-14-15-6-9-18(10-7-15)28(32)33)12-19-22(29)26-24(31)27(23(19)30)17-4-2-1-3-5-17/h6-13,17H,1-5,14H2,(H,26,29,31). The lowest BCUT2D eigenvalue weighted by atomic mass is 9.93. The van der Waals surface area contributed by atoms with Crippen LogP contribution in [0.5, 0.6) is 5.75 Å². The van der Waals surface area contributed by atoms with Crippen LogP contribution in [0.1, 0.15) is 43.2 Å². The van der Waals surface area contributed by atoms with Crippen LogP contribution in [0.25, 0.3) is 6.08 Å². The van der Waals surface area contributed by atoms with E-state index in [1.165, 1.54) is 23.1 Å². The fourth-order valence-corrected chi connectivity index (χ4v) is 4.62. The molecule has 34 heavy (non-hydrogen) atoms. The largest absolute Gasteiger partial charge is 0.488 e. The third-order valence-corrected chi connectivity index (χ3v) is 6.50. The minimum atomic E-state index is -0.711. The van der Waals surface area contributed by atoms with Gasteiger partial charge in [-0.2, -0.15) is 0 Å². The number of nitrogens with one attached hydrogen (secondary N) is 1. The maximum atomic E-state index is 13.0. The molecule has 0 bridgehead atoms. The molecule has 176 valence electrons. The highest BCUT2D eigenvalue weighted by Gasteiger charge is 2.40. The van der Waals surface area contributed by atoms with Gasteiger partial charge in [-0.25, -0.2) is 4.79 Å². The minimum absolute atomic E-state index is 0.00682. The summed E-state index contributed by atoms with van der Waals surface area (Å²) in [6.07, 6.45) is 5.92. The van der Waals surface area contributed by atoms with Crippen molar-refractivity contribution in [2.24, 2.45) is 0 Å². The Morgan fingerprint density at radius 2 is 1.79 bits per heavy atom. The predicted octanol–water partition coefficient (Wildman–Crippen LogP) is 4.73. The summed E-state index contributed by atoms with van der Waals surface area (Å²) in [5.41, 5.74) is 1.27. The van der Waals surface area contributed by atoms with Gasteiger partial charge in [-0.3, -0.25) is 29.9 Å². The van der Waals surface area contributed by atoms with Gasteiger partial charge in [0.1, 0.15) is 17.9 Å². The molecule has 10 heteroatoms. The fraction of sp³-hybridized carbons (Fsp3) is 0.292. The lowest BCUT2D eigenvalue weighted by Crippen LogP contribution is -2.58. The number of carbonyl (C=O) groups excluding carboxylic acids is 3. The van der Waals surface area contributed by atoms with E-state index in [1.807, 2.05) is 0 Å². The van der Waals surface area contributed by atoms with Gasteiger partial charge in [-0.1, -0.05) is 25.3 Å². The summed E-state index contributed by atoms with van der Waals surface area (Å²) in [5.74, 6) is -0.758. The summed E-state index contributed by atoms with van der Waals surface area (Å²) in [5, 5.41) is 13.0. The molecule has 0 radical (unpaired) electrons. The number of halogens is 1. The van der Waals surface area contributed by atoms with E-state index in [4.69, 9.17) is 4.74 Å². The highest BCUT2D eigenvalue weighted by Crippen LogP contribution is 2.30. The lowest BCUT2D eigenvalue weighted by Gasteiger charge is -2.35. The van der Waals surface area contributed by atoms with Gasteiger partial charge in [-0.05, 0) is 70.2 Å². The quantitative estimate of drug-likeness (QED) is 0.251. The molecule has 4 amide bonds. The summed E-state index contributed by atoms with van der Waals surface area (Å²) >= 11 is 3.44. The van der Waals surface area contributed by atoms with Crippen molar-refractivity contribution in [2.75, 3.05) is 0 Å². The number of imide groups is 2. The zero-order chi connectivity index (χ0) is 24.2. The van der Waals surface area contributed by atoms with Crippen LogP contribution in [0.3, 0.4) is 0 Å². The van der Waals surface area contributed by atoms with Crippen LogP contribution in [0.2, 0.25) is 0 Å². The number of barbiturate groups is 1. The first kappa shape index (κ1) is 23.6. The maximum Gasteiger partial charge on any atom is 0.331 e. The van der Waals surface area contributed by atoms with Crippen molar-refractivity contribution in [3.05, 3.63) is 73.8 Å². The summed E-state index contributed by atoms with van der Waals surface area (Å²) in [7, 11) is 0. The summed E-state index contributed by atoms with van der Waals surface area (Å²) < 4.78 is 6.39. The predicted molar refractivity (Wildman–Crippen MR) is 127 cm³/mol. The first-order valence-corrected chi connectivity index (χ1v) is 11.7. The van der Waals surface area contributed by atoms with E-state index in [2.05, 4.69) is 21.2 Å². The van der Waals surface area contributed by atoms with Crippen molar-refractivity contribution in [3.8, 4) is 5.75 Å². The number of nitrogens with zero attached hydrogens (tertiary/aromatic N) is 2. The first-order chi connectivity index (χ1) is 16.3.